The molecular weight excluding hydrogens is 218 g/mol. The van der Waals surface area contributed by atoms with Crippen molar-refractivity contribution < 1.29 is 4.79 Å². The molecule has 0 spiro atoms. The standard InChI is InChI=1S/C11H13N5O/c1-3-8-5-4-6-12-11(8)9(17)7-10-13-15-16(2)14-10/h4-6H,3,7H2,1-2H3. The van der Waals surface area contributed by atoms with Crippen molar-refractivity contribution in [3.05, 3.63) is 35.4 Å². The largest absolute Gasteiger partial charge is 0.292 e. The average molecular weight is 231 g/mol. The van der Waals surface area contributed by atoms with Crippen LogP contribution in [0.15, 0.2) is 18.3 Å². The molecule has 0 aliphatic heterocycles. The Morgan fingerprint density at radius 3 is 2.94 bits per heavy atom. The lowest BCUT2D eigenvalue weighted by Crippen LogP contribution is -2.10. The van der Waals surface area contributed by atoms with Crippen LogP contribution in [0.25, 0.3) is 0 Å². The molecular formula is C11H13N5O. The Hall–Kier alpha value is -2.11. The smallest absolute Gasteiger partial charge is 0.189 e. The van der Waals surface area contributed by atoms with E-state index in [1.165, 1.54) is 4.80 Å². The van der Waals surface area contributed by atoms with E-state index in [4.69, 9.17) is 0 Å². The zero-order valence-corrected chi connectivity index (χ0v) is 9.79. The number of pyridine rings is 1. The molecule has 2 aromatic heterocycles. The first-order chi connectivity index (χ1) is 8.20. The highest BCUT2D eigenvalue weighted by Gasteiger charge is 2.14. The van der Waals surface area contributed by atoms with E-state index in [0.29, 0.717) is 11.5 Å². The van der Waals surface area contributed by atoms with E-state index < -0.39 is 0 Å². The monoisotopic (exact) mass is 231 g/mol. The van der Waals surface area contributed by atoms with Gasteiger partial charge >= 0.3 is 0 Å². The van der Waals surface area contributed by atoms with Gasteiger partial charge in [-0.1, -0.05) is 13.0 Å². The number of carbonyl (C=O) groups is 1. The van der Waals surface area contributed by atoms with Gasteiger partial charge < -0.3 is 0 Å². The van der Waals surface area contributed by atoms with Crippen LogP contribution < -0.4 is 0 Å². The average Bonchev–Trinajstić information content (AvgIpc) is 2.74. The van der Waals surface area contributed by atoms with Crippen LogP contribution in [0.5, 0.6) is 0 Å². The van der Waals surface area contributed by atoms with Gasteiger partial charge in [0, 0.05) is 6.20 Å². The molecule has 2 rings (SSSR count). The highest BCUT2D eigenvalue weighted by atomic mass is 16.1. The van der Waals surface area contributed by atoms with E-state index in [-0.39, 0.29) is 12.2 Å². The Bertz CT molecular complexity index is 534. The van der Waals surface area contributed by atoms with Crippen LogP contribution in [0.4, 0.5) is 0 Å². The van der Waals surface area contributed by atoms with E-state index in [1.807, 2.05) is 19.1 Å². The normalized spacial score (nSPS) is 10.5. The second-order valence-electron chi connectivity index (χ2n) is 3.66. The van der Waals surface area contributed by atoms with E-state index in [9.17, 15) is 4.79 Å². The molecule has 17 heavy (non-hydrogen) atoms. The molecule has 0 radical (unpaired) electrons. The molecule has 2 heterocycles. The van der Waals surface area contributed by atoms with Crippen LogP contribution in [-0.2, 0) is 19.9 Å². The van der Waals surface area contributed by atoms with Gasteiger partial charge in [-0.25, -0.2) is 0 Å². The summed E-state index contributed by atoms with van der Waals surface area (Å²) in [6, 6.07) is 3.74. The number of hydrogen-bond donors (Lipinski definition) is 0. The molecule has 88 valence electrons. The predicted octanol–water partition coefficient (Wildman–Crippen LogP) is 0.593. The summed E-state index contributed by atoms with van der Waals surface area (Å²) < 4.78 is 0. The fraction of sp³-hybridized carbons (Fsp3) is 0.364. The number of nitrogens with zero attached hydrogens (tertiary/aromatic N) is 5. The number of aryl methyl sites for hydroxylation is 2. The third-order valence-electron chi connectivity index (χ3n) is 2.40. The number of hydrogen-bond acceptors (Lipinski definition) is 5. The van der Waals surface area contributed by atoms with Gasteiger partial charge in [-0.2, -0.15) is 4.80 Å². The molecule has 0 aliphatic carbocycles. The summed E-state index contributed by atoms with van der Waals surface area (Å²) in [7, 11) is 1.67. The summed E-state index contributed by atoms with van der Waals surface area (Å²) >= 11 is 0. The van der Waals surface area contributed by atoms with E-state index in [1.54, 1.807) is 13.2 Å². The molecule has 0 atom stereocenters. The van der Waals surface area contributed by atoms with Crippen LogP contribution >= 0.6 is 0 Å². The summed E-state index contributed by atoms with van der Waals surface area (Å²) in [6.07, 6.45) is 2.54. The van der Waals surface area contributed by atoms with Gasteiger partial charge in [0.25, 0.3) is 0 Å². The van der Waals surface area contributed by atoms with Gasteiger partial charge in [0.2, 0.25) is 0 Å². The van der Waals surface area contributed by atoms with E-state index >= 15 is 0 Å². The van der Waals surface area contributed by atoms with Crippen LogP contribution in [0.2, 0.25) is 0 Å². The Morgan fingerprint density at radius 2 is 2.29 bits per heavy atom. The number of tetrazole rings is 1. The second-order valence-corrected chi connectivity index (χ2v) is 3.66. The van der Waals surface area contributed by atoms with Crippen molar-refractivity contribution in [2.45, 2.75) is 19.8 Å². The number of ketones is 1. The summed E-state index contributed by atoms with van der Waals surface area (Å²) in [5.74, 6) is 0.348. The first-order valence-electron chi connectivity index (χ1n) is 5.40. The maximum absolute atomic E-state index is 12.0. The van der Waals surface area contributed by atoms with Crippen molar-refractivity contribution in [2.75, 3.05) is 0 Å². The van der Waals surface area contributed by atoms with Crippen molar-refractivity contribution in [2.24, 2.45) is 7.05 Å². The summed E-state index contributed by atoms with van der Waals surface area (Å²) in [5, 5.41) is 11.5. The minimum absolute atomic E-state index is 0.0737. The minimum atomic E-state index is -0.0737. The van der Waals surface area contributed by atoms with Crippen molar-refractivity contribution in [3.8, 4) is 0 Å². The summed E-state index contributed by atoms with van der Waals surface area (Å²) in [4.78, 5) is 17.5. The number of carbonyl (C=O) groups excluding carboxylic acids is 1. The van der Waals surface area contributed by atoms with Gasteiger partial charge in [-0.3, -0.25) is 9.78 Å². The topological polar surface area (TPSA) is 73.6 Å². The lowest BCUT2D eigenvalue weighted by Gasteiger charge is -2.03. The van der Waals surface area contributed by atoms with Crippen molar-refractivity contribution in [1.82, 2.24) is 25.2 Å². The Kier molecular flexibility index (Phi) is 3.22. The molecule has 0 amide bonds. The SMILES string of the molecule is CCc1cccnc1C(=O)Cc1nnn(C)n1. The molecule has 6 heteroatoms. The lowest BCUT2D eigenvalue weighted by atomic mass is 10.1. The first kappa shape index (κ1) is 11.4. The van der Waals surface area contributed by atoms with E-state index in [2.05, 4.69) is 20.4 Å². The van der Waals surface area contributed by atoms with Gasteiger partial charge in [-0.05, 0) is 23.3 Å². The van der Waals surface area contributed by atoms with Crippen molar-refractivity contribution >= 4 is 5.78 Å². The lowest BCUT2D eigenvalue weighted by molar-refractivity contribution is 0.0985. The van der Waals surface area contributed by atoms with E-state index in [0.717, 1.165) is 12.0 Å². The maximum Gasteiger partial charge on any atom is 0.189 e. The highest BCUT2D eigenvalue weighted by Crippen LogP contribution is 2.08. The van der Waals surface area contributed by atoms with Gasteiger partial charge in [0.05, 0.1) is 13.5 Å². The molecule has 0 unspecified atom stereocenters. The number of rotatable bonds is 4. The van der Waals surface area contributed by atoms with Gasteiger partial charge in [0.1, 0.15) is 5.69 Å². The van der Waals surface area contributed by atoms with Crippen LogP contribution in [0.3, 0.4) is 0 Å². The Morgan fingerprint density at radius 1 is 1.47 bits per heavy atom. The maximum atomic E-state index is 12.0. The third kappa shape index (κ3) is 2.52. The summed E-state index contributed by atoms with van der Waals surface area (Å²) in [5.41, 5.74) is 1.45. The fourth-order valence-electron chi connectivity index (χ4n) is 1.60. The quantitative estimate of drug-likeness (QED) is 0.720. The molecule has 0 aromatic carbocycles. The first-order valence-corrected chi connectivity index (χ1v) is 5.40. The zero-order chi connectivity index (χ0) is 12.3. The zero-order valence-electron chi connectivity index (χ0n) is 9.79. The van der Waals surface area contributed by atoms with Crippen LogP contribution in [0, 0.1) is 0 Å². The van der Waals surface area contributed by atoms with Crippen molar-refractivity contribution in [1.29, 1.82) is 0 Å². The minimum Gasteiger partial charge on any atom is -0.292 e. The summed E-state index contributed by atoms with van der Waals surface area (Å²) in [6.45, 7) is 1.99. The predicted molar refractivity (Wildman–Crippen MR) is 60.4 cm³/mol. The van der Waals surface area contributed by atoms with Crippen LogP contribution in [-0.4, -0.2) is 31.0 Å². The number of aromatic nitrogens is 5. The molecule has 0 N–H and O–H groups in total. The third-order valence-corrected chi connectivity index (χ3v) is 2.40. The molecule has 2 aromatic rings. The molecule has 6 nitrogen and oxygen atoms in total. The number of Topliss-reactive ketones (excluding diaryl/α,β-unsaturated/α-hetero) is 1. The van der Waals surface area contributed by atoms with Gasteiger partial charge in [-0.15, -0.1) is 10.2 Å². The molecule has 0 aliphatic rings. The molecule has 0 saturated heterocycles. The molecule has 0 bridgehead atoms. The molecule has 0 saturated carbocycles. The van der Waals surface area contributed by atoms with Crippen LogP contribution in [0.1, 0.15) is 28.8 Å². The fourth-order valence-corrected chi connectivity index (χ4v) is 1.60. The van der Waals surface area contributed by atoms with Crippen molar-refractivity contribution in [3.63, 3.8) is 0 Å². The Balaban J connectivity index is 2.20. The highest BCUT2D eigenvalue weighted by molar-refractivity contribution is 5.96. The second kappa shape index (κ2) is 4.82. The molecule has 0 fully saturated rings. The van der Waals surface area contributed by atoms with Gasteiger partial charge in [0.15, 0.2) is 11.6 Å². The Labute approximate surface area is 98.7 Å².